The molecule has 1 aliphatic rings. The van der Waals surface area contributed by atoms with E-state index in [0.717, 1.165) is 65.2 Å². The molecule has 7 rings (SSSR count). The molecular weight excluding hydrogens is 890 g/mol. The van der Waals surface area contributed by atoms with Crippen LogP contribution < -0.4 is 31.9 Å². The van der Waals surface area contributed by atoms with E-state index < -0.39 is 44.9 Å². The molecule has 4 N–H and O–H groups in total. The number of amides is 4. The third kappa shape index (κ3) is 10.9. The lowest BCUT2D eigenvalue weighted by molar-refractivity contribution is -0.135. The first kappa shape index (κ1) is 47.7. The van der Waals surface area contributed by atoms with Crippen molar-refractivity contribution in [2.45, 2.75) is 63.7 Å². The SMILES string of the molecule is CC(C)S(=O)(=O)n1cc(C(=O)NCC(=O)Nc2nc(-c3cc(F)cc(N(C)CCCOCCCNCCCc4ccc5c(c4)n(C)c(=O)n5C4CCC(=O)NC4=O)c3)cs2)c2ccccc21. The predicted octanol–water partition coefficient (Wildman–Crippen LogP) is 4.95. The third-order valence-electron chi connectivity index (χ3n) is 11.5. The minimum absolute atomic E-state index is 0.125. The van der Waals surface area contributed by atoms with Gasteiger partial charge in [0.1, 0.15) is 11.9 Å². The van der Waals surface area contributed by atoms with Crippen molar-refractivity contribution >= 4 is 77.7 Å². The summed E-state index contributed by atoms with van der Waals surface area (Å²) in [7, 11) is -0.173. The van der Waals surface area contributed by atoms with Gasteiger partial charge in [-0.05, 0) is 101 Å². The number of piperidine rings is 1. The highest BCUT2D eigenvalue weighted by Gasteiger charge is 2.31. The maximum absolute atomic E-state index is 14.8. The first-order valence-electron chi connectivity index (χ1n) is 21.8. The topological polar surface area (TPSA) is 208 Å². The number of ether oxygens (including phenoxy) is 1. The number of thiazole rings is 1. The number of carbonyl (C=O) groups is 4. The fourth-order valence-electron chi connectivity index (χ4n) is 7.86. The molecule has 0 radical (unpaired) electrons. The predicted molar refractivity (Wildman–Crippen MR) is 253 cm³/mol. The highest BCUT2D eigenvalue weighted by atomic mass is 32.2. The highest BCUT2D eigenvalue weighted by molar-refractivity contribution is 7.90. The number of hydrogen-bond donors (Lipinski definition) is 4. The first-order valence-corrected chi connectivity index (χ1v) is 24.2. The number of fused-ring (bicyclic) bond motifs is 2. The van der Waals surface area contributed by atoms with Gasteiger partial charge in [0.2, 0.25) is 27.7 Å². The third-order valence-corrected chi connectivity index (χ3v) is 14.3. The lowest BCUT2D eigenvalue weighted by Gasteiger charge is -2.21. The average molecular weight is 944 g/mol. The second-order valence-corrected chi connectivity index (χ2v) is 19.7. The summed E-state index contributed by atoms with van der Waals surface area (Å²) in [4.78, 5) is 69.5. The maximum Gasteiger partial charge on any atom is 0.329 e. The monoisotopic (exact) mass is 943 g/mol. The summed E-state index contributed by atoms with van der Waals surface area (Å²) in [6.07, 6.45) is 5.06. The zero-order valence-corrected chi connectivity index (χ0v) is 38.9. The van der Waals surface area contributed by atoms with Gasteiger partial charge in [-0.1, -0.05) is 24.3 Å². The van der Waals surface area contributed by atoms with Crippen molar-refractivity contribution in [2.75, 3.05) is 56.7 Å². The number of nitrogens with zero attached hydrogens (tertiary/aromatic N) is 5. The summed E-state index contributed by atoms with van der Waals surface area (Å²) >= 11 is 1.16. The summed E-state index contributed by atoms with van der Waals surface area (Å²) in [5, 5.41) is 12.7. The first-order chi connectivity index (χ1) is 31.6. The number of aryl methyl sites for hydroxylation is 2. The molecule has 20 heteroatoms. The van der Waals surface area contributed by atoms with Gasteiger partial charge in [0.05, 0.1) is 39.6 Å². The van der Waals surface area contributed by atoms with Gasteiger partial charge in [-0.3, -0.25) is 33.6 Å². The Morgan fingerprint density at radius 2 is 1.77 bits per heavy atom. The van der Waals surface area contributed by atoms with Gasteiger partial charge in [-0.15, -0.1) is 11.3 Å². The Bertz CT molecular complexity index is 2940. The minimum Gasteiger partial charge on any atom is -0.381 e. The molecule has 1 unspecified atom stereocenters. The van der Waals surface area contributed by atoms with Crippen LogP contribution in [0.1, 0.15) is 67.9 Å². The van der Waals surface area contributed by atoms with Crippen LogP contribution in [-0.2, 0) is 42.6 Å². The molecule has 66 heavy (non-hydrogen) atoms. The number of benzene rings is 3. The second-order valence-electron chi connectivity index (χ2n) is 16.5. The quantitative estimate of drug-likeness (QED) is 0.0561. The van der Waals surface area contributed by atoms with Crippen molar-refractivity contribution in [1.29, 1.82) is 0 Å². The number of aromatic nitrogens is 4. The molecule has 4 amide bonds. The van der Waals surface area contributed by atoms with E-state index in [4.69, 9.17) is 4.74 Å². The molecule has 0 aliphatic carbocycles. The molecule has 1 fully saturated rings. The van der Waals surface area contributed by atoms with Crippen LogP contribution in [0.3, 0.4) is 0 Å². The summed E-state index contributed by atoms with van der Waals surface area (Å²) < 4.78 is 50.7. The molecule has 17 nitrogen and oxygen atoms in total. The van der Waals surface area contributed by atoms with E-state index >= 15 is 0 Å². The normalized spacial score (nSPS) is 14.3. The molecule has 1 saturated heterocycles. The summed E-state index contributed by atoms with van der Waals surface area (Å²) in [6.45, 7) is 6.11. The highest BCUT2D eigenvalue weighted by Crippen LogP contribution is 2.30. The molecule has 0 bridgehead atoms. The van der Waals surface area contributed by atoms with Crippen LogP contribution in [0.4, 0.5) is 15.2 Å². The summed E-state index contributed by atoms with van der Waals surface area (Å²) in [5.74, 6) is -2.35. The number of imide groups is 1. The molecule has 3 aromatic heterocycles. The second kappa shape index (κ2) is 21.0. The number of nitrogens with one attached hydrogen (secondary N) is 4. The zero-order chi connectivity index (χ0) is 47.1. The Kier molecular flexibility index (Phi) is 15.2. The molecule has 4 heterocycles. The van der Waals surface area contributed by atoms with E-state index in [0.29, 0.717) is 59.5 Å². The van der Waals surface area contributed by atoms with E-state index in [1.54, 1.807) is 55.1 Å². The Labute approximate surface area is 385 Å². The van der Waals surface area contributed by atoms with Crippen LogP contribution in [-0.4, -0.2) is 102 Å². The van der Waals surface area contributed by atoms with Gasteiger partial charge in [-0.25, -0.2) is 26.6 Å². The van der Waals surface area contributed by atoms with E-state index in [2.05, 4.69) is 26.3 Å². The van der Waals surface area contributed by atoms with Crippen LogP contribution in [0.2, 0.25) is 0 Å². The number of carbonyl (C=O) groups excluding carboxylic acids is 4. The van der Waals surface area contributed by atoms with E-state index in [1.807, 2.05) is 36.2 Å². The van der Waals surface area contributed by atoms with Gasteiger partial charge in [0.15, 0.2) is 5.13 Å². The van der Waals surface area contributed by atoms with Crippen LogP contribution in [0.5, 0.6) is 0 Å². The number of hydrogen-bond acceptors (Lipinski definition) is 12. The van der Waals surface area contributed by atoms with E-state index in [1.165, 1.54) is 22.9 Å². The average Bonchev–Trinajstić information content (AvgIpc) is 3.99. The number of imidazole rings is 1. The van der Waals surface area contributed by atoms with Gasteiger partial charge < -0.3 is 25.6 Å². The number of anilines is 2. The number of halogens is 1. The van der Waals surface area contributed by atoms with Gasteiger partial charge in [0, 0.05) is 68.5 Å². The lowest BCUT2D eigenvalue weighted by Crippen LogP contribution is -2.44. The molecule has 1 atom stereocenters. The van der Waals surface area contributed by atoms with Crippen molar-refractivity contribution in [2.24, 2.45) is 7.05 Å². The molecular formula is C46H54FN9O8S2. The smallest absolute Gasteiger partial charge is 0.329 e. The molecule has 1 aliphatic heterocycles. The number of rotatable bonds is 21. The maximum atomic E-state index is 14.8. The van der Waals surface area contributed by atoms with Crippen LogP contribution in [0.15, 0.2) is 77.0 Å². The lowest BCUT2D eigenvalue weighted by atomic mass is 10.1. The van der Waals surface area contributed by atoms with Crippen molar-refractivity contribution in [3.05, 3.63) is 99.7 Å². The zero-order valence-electron chi connectivity index (χ0n) is 37.3. The Balaban J connectivity index is 0.794. The number of para-hydroxylation sites is 1. The van der Waals surface area contributed by atoms with Crippen molar-refractivity contribution in [3.8, 4) is 11.3 Å². The van der Waals surface area contributed by atoms with Crippen molar-refractivity contribution in [3.63, 3.8) is 0 Å². The van der Waals surface area contributed by atoms with Gasteiger partial charge >= 0.3 is 5.69 Å². The van der Waals surface area contributed by atoms with Crippen molar-refractivity contribution in [1.82, 2.24) is 34.0 Å². The standard InChI is InChI=1S/C46H54FN9O8S2/c1-29(2)66(62,63)55-27-35(34-11-5-6-12-37(34)55)43(59)49-26-42(58)52-45-50-36(28-65-45)31-23-32(47)25-33(24-31)53(3)19-9-21-64-20-8-18-48-17-7-10-30-13-14-38-40(22-30)54(4)46(61)56(38)39-15-16-41(57)51-44(39)60/h5-6,11-14,22-25,27-29,39,48H,7-10,15-21,26H2,1-4H3,(H,49,59)(H,50,52,58)(H,51,57,60). The van der Waals surface area contributed by atoms with E-state index in [-0.39, 0.29) is 35.3 Å². The molecule has 0 saturated carbocycles. The fourth-order valence-corrected chi connectivity index (χ4v) is 9.74. The molecule has 3 aromatic carbocycles. The molecule has 350 valence electrons. The molecule has 6 aromatic rings. The van der Waals surface area contributed by atoms with Gasteiger partial charge in [0.25, 0.3) is 5.91 Å². The van der Waals surface area contributed by atoms with Crippen molar-refractivity contribution < 1.29 is 36.7 Å². The Morgan fingerprint density at radius 1 is 1.00 bits per heavy atom. The Hall–Kier alpha value is -6.22. The summed E-state index contributed by atoms with van der Waals surface area (Å²) in [6, 6.07) is 16.5. The van der Waals surface area contributed by atoms with Gasteiger partial charge in [-0.2, -0.15) is 0 Å². The largest absolute Gasteiger partial charge is 0.381 e. The summed E-state index contributed by atoms with van der Waals surface area (Å²) in [5.41, 5.74) is 4.39. The van der Waals surface area contributed by atoms with Crippen LogP contribution >= 0.6 is 11.3 Å². The Morgan fingerprint density at radius 3 is 2.56 bits per heavy atom. The van der Waals surface area contributed by atoms with Crippen LogP contribution in [0, 0.1) is 5.82 Å². The minimum atomic E-state index is -3.74. The fraction of sp³-hybridized carbons (Fsp3) is 0.391. The van der Waals surface area contributed by atoms with Crippen LogP contribution in [0.25, 0.3) is 33.2 Å². The molecule has 0 spiro atoms. The van der Waals surface area contributed by atoms with E-state index in [9.17, 15) is 36.8 Å².